The van der Waals surface area contributed by atoms with Crippen LogP contribution in [0.4, 0.5) is 0 Å². The van der Waals surface area contributed by atoms with E-state index in [1.165, 1.54) is 0 Å². The van der Waals surface area contributed by atoms with Crippen molar-refractivity contribution < 1.29 is 20.1 Å². The Morgan fingerprint density at radius 2 is 1.78 bits per heavy atom. The number of nitrogens with zero attached hydrogens (tertiary/aromatic N) is 3. The molecule has 2 aromatic rings. The minimum atomic E-state index is -0.833. The molecule has 0 aromatic carbocycles. The second-order valence-electron chi connectivity index (χ2n) is 5.12. The number of rotatable bonds is 4. The number of aromatic amines is 1. The first-order chi connectivity index (χ1) is 10.7. The molecule has 8 heteroatoms. The van der Waals surface area contributed by atoms with E-state index in [1.54, 1.807) is 32.4 Å². The summed E-state index contributed by atoms with van der Waals surface area (Å²) in [7, 11) is 1.92. The average molecular weight is 326 g/mol. The molecule has 0 radical (unpaired) electrons. The Morgan fingerprint density at radius 1 is 1.22 bits per heavy atom. The molecule has 0 saturated carbocycles. The summed E-state index contributed by atoms with van der Waals surface area (Å²) in [6, 6.07) is 0. The lowest BCUT2D eigenvalue weighted by molar-refractivity contribution is -0.134. The smallest absolute Gasteiger partial charge is 0.300 e. The van der Waals surface area contributed by atoms with Gasteiger partial charge in [-0.05, 0) is 13.8 Å². The van der Waals surface area contributed by atoms with Crippen LogP contribution in [0.5, 0.6) is 0 Å². The molecule has 23 heavy (non-hydrogen) atoms. The molecule has 2 heterocycles. The summed E-state index contributed by atoms with van der Waals surface area (Å²) < 4.78 is 1.91. The maximum Gasteiger partial charge on any atom is 0.300 e. The highest BCUT2D eigenvalue weighted by atomic mass is 16.4. The van der Waals surface area contributed by atoms with Crippen molar-refractivity contribution in [3.63, 3.8) is 0 Å². The van der Waals surface area contributed by atoms with Gasteiger partial charge in [-0.3, -0.25) is 4.79 Å². The molecule has 2 rings (SSSR count). The summed E-state index contributed by atoms with van der Waals surface area (Å²) in [6.07, 6.45) is 7.65. The first-order valence-electron chi connectivity index (χ1n) is 7.22. The molecule has 0 saturated heterocycles. The topological polar surface area (TPSA) is 124 Å². The van der Waals surface area contributed by atoms with Crippen molar-refractivity contribution in [3.05, 3.63) is 36.4 Å². The zero-order chi connectivity index (χ0) is 17.8. The van der Waals surface area contributed by atoms with Crippen molar-refractivity contribution >= 4 is 5.97 Å². The van der Waals surface area contributed by atoms with Gasteiger partial charge in [0.25, 0.3) is 5.97 Å². The third kappa shape index (κ3) is 12.1. The van der Waals surface area contributed by atoms with Crippen molar-refractivity contribution in [2.75, 3.05) is 0 Å². The molecule has 0 amide bonds. The Bertz CT molecular complexity index is 531. The van der Waals surface area contributed by atoms with Crippen LogP contribution in [0.15, 0.2) is 24.8 Å². The number of aliphatic hydroxyl groups is 2. The SMILES string of the molecule is CC(=O)O.C[C@H](O)Cc1ncc[nH]1.C[C@H](O)Cc1nccn1C. The highest BCUT2D eigenvalue weighted by Gasteiger charge is 2.02. The second-order valence-corrected chi connectivity index (χ2v) is 5.12. The van der Waals surface area contributed by atoms with Crippen LogP contribution in [-0.2, 0) is 24.7 Å². The van der Waals surface area contributed by atoms with Crippen LogP contribution < -0.4 is 0 Å². The lowest BCUT2D eigenvalue weighted by Crippen LogP contribution is -2.08. The van der Waals surface area contributed by atoms with Crippen molar-refractivity contribution in [1.29, 1.82) is 0 Å². The quantitative estimate of drug-likeness (QED) is 0.658. The molecular weight excluding hydrogens is 300 g/mol. The zero-order valence-corrected chi connectivity index (χ0v) is 14.0. The van der Waals surface area contributed by atoms with Gasteiger partial charge in [0.05, 0.1) is 12.2 Å². The Labute approximate surface area is 135 Å². The van der Waals surface area contributed by atoms with Gasteiger partial charge in [-0.15, -0.1) is 0 Å². The summed E-state index contributed by atoms with van der Waals surface area (Å²) in [5, 5.41) is 25.3. The molecule has 0 bridgehead atoms. The number of H-pyrrole nitrogens is 1. The standard InChI is InChI=1S/C7H12N2O.C6H10N2O.C2H4O2/c1-6(10)5-7-8-3-4-9(7)2;1-5(9)4-6-7-2-3-8-6;1-2(3)4/h3-4,6,10H,5H2,1-2H3;2-3,5,9H,4H2,1H3,(H,7,8);1H3,(H,3,4)/t6-;5-;/m00./s1. The Morgan fingerprint density at radius 3 is 2.13 bits per heavy atom. The first kappa shape index (κ1) is 20.8. The summed E-state index contributed by atoms with van der Waals surface area (Å²) in [4.78, 5) is 19.9. The molecule has 0 spiro atoms. The van der Waals surface area contributed by atoms with Crippen molar-refractivity contribution in [2.24, 2.45) is 7.05 Å². The minimum Gasteiger partial charge on any atom is -0.481 e. The van der Waals surface area contributed by atoms with Crippen LogP contribution in [0, 0.1) is 0 Å². The van der Waals surface area contributed by atoms with Crippen LogP contribution in [0.1, 0.15) is 32.4 Å². The van der Waals surface area contributed by atoms with Gasteiger partial charge in [-0.1, -0.05) is 0 Å². The number of aryl methyl sites for hydroxylation is 1. The van der Waals surface area contributed by atoms with Crippen LogP contribution in [0.3, 0.4) is 0 Å². The number of aliphatic hydroxyl groups excluding tert-OH is 2. The number of hydrogen-bond acceptors (Lipinski definition) is 5. The number of imidazole rings is 2. The summed E-state index contributed by atoms with van der Waals surface area (Å²) in [5.74, 6) is 0.931. The predicted molar refractivity (Wildman–Crippen MR) is 85.9 cm³/mol. The summed E-state index contributed by atoms with van der Waals surface area (Å²) in [6.45, 7) is 4.58. The fourth-order valence-electron chi connectivity index (χ4n) is 1.55. The highest BCUT2D eigenvalue weighted by molar-refractivity contribution is 5.62. The van der Waals surface area contributed by atoms with Crippen LogP contribution >= 0.6 is 0 Å². The van der Waals surface area contributed by atoms with E-state index < -0.39 is 5.97 Å². The van der Waals surface area contributed by atoms with E-state index in [0.717, 1.165) is 18.6 Å². The number of carboxylic acids is 1. The fraction of sp³-hybridized carbons (Fsp3) is 0.533. The number of hydrogen-bond donors (Lipinski definition) is 4. The van der Waals surface area contributed by atoms with Gasteiger partial charge in [0.1, 0.15) is 11.6 Å². The molecule has 4 N–H and O–H groups in total. The Balaban J connectivity index is 0.000000345. The number of aliphatic carboxylic acids is 1. The van der Waals surface area contributed by atoms with E-state index in [0.29, 0.717) is 12.8 Å². The van der Waals surface area contributed by atoms with E-state index in [4.69, 9.17) is 20.1 Å². The Kier molecular flexibility index (Phi) is 10.3. The maximum atomic E-state index is 9.00. The average Bonchev–Trinajstić information content (AvgIpc) is 3.01. The van der Waals surface area contributed by atoms with E-state index in [2.05, 4.69) is 15.0 Å². The molecule has 2 atom stereocenters. The van der Waals surface area contributed by atoms with E-state index in [9.17, 15) is 0 Å². The number of carboxylic acid groups (broad SMARTS) is 1. The molecular formula is C15H26N4O4. The molecule has 0 aliphatic rings. The maximum absolute atomic E-state index is 9.00. The number of carbonyl (C=O) groups is 1. The molecule has 130 valence electrons. The highest BCUT2D eigenvalue weighted by Crippen LogP contribution is 1.98. The second kappa shape index (κ2) is 11.4. The number of nitrogens with one attached hydrogen (secondary N) is 1. The largest absolute Gasteiger partial charge is 0.481 e. The van der Waals surface area contributed by atoms with Gasteiger partial charge in [0, 0.05) is 51.6 Å². The van der Waals surface area contributed by atoms with Crippen LogP contribution in [0.25, 0.3) is 0 Å². The van der Waals surface area contributed by atoms with Gasteiger partial charge in [0.15, 0.2) is 0 Å². The van der Waals surface area contributed by atoms with Gasteiger partial charge < -0.3 is 24.9 Å². The molecule has 0 aliphatic carbocycles. The number of aromatic nitrogens is 4. The Hall–Kier alpha value is -2.19. The van der Waals surface area contributed by atoms with E-state index in [1.807, 2.05) is 17.8 Å². The van der Waals surface area contributed by atoms with Gasteiger partial charge >= 0.3 is 0 Å². The molecule has 0 fully saturated rings. The summed E-state index contributed by atoms with van der Waals surface area (Å²) in [5.41, 5.74) is 0. The first-order valence-corrected chi connectivity index (χ1v) is 7.22. The van der Waals surface area contributed by atoms with Gasteiger partial charge in [-0.25, -0.2) is 9.97 Å². The molecule has 0 aliphatic heterocycles. The van der Waals surface area contributed by atoms with Crippen molar-refractivity contribution in [2.45, 2.75) is 45.8 Å². The third-order valence-corrected chi connectivity index (χ3v) is 2.44. The normalized spacial score (nSPS) is 12.3. The lowest BCUT2D eigenvalue weighted by atomic mass is 10.3. The molecule has 2 aromatic heterocycles. The molecule has 0 unspecified atom stereocenters. The van der Waals surface area contributed by atoms with Crippen molar-refractivity contribution in [3.8, 4) is 0 Å². The monoisotopic (exact) mass is 326 g/mol. The fourth-order valence-corrected chi connectivity index (χ4v) is 1.55. The lowest BCUT2D eigenvalue weighted by Gasteiger charge is -2.02. The minimum absolute atomic E-state index is 0.305. The van der Waals surface area contributed by atoms with Gasteiger partial charge in [-0.2, -0.15) is 0 Å². The molecule has 8 nitrogen and oxygen atoms in total. The van der Waals surface area contributed by atoms with Crippen LogP contribution in [-0.4, -0.2) is 53.0 Å². The predicted octanol–water partition coefficient (Wildman–Crippen LogP) is 0.767. The van der Waals surface area contributed by atoms with Crippen LogP contribution in [0.2, 0.25) is 0 Å². The van der Waals surface area contributed by atoms with E-state index >= 15 is 0 Å². The summed E-state index contributed by atoms with van der Waals surface area (Å²) >= 11 is 0. The van der Waals surface area contributed by atoms with E-state index in [-0.39, 0.29) is 12.2 Å². The zero-order valence-electron chi connectivity index (χ0n) is 14.0. The van der Waals surface area contributed by atoms with Crippen molar-refractivity contribution in [1.82, 2.24) is 19.5 Å². The third-order valence-electron chi connectivity index (χ3n) is 2.44. The van der Waals surface area contributed by atoms with Gasteiger partial charge in [0.2, 0.25) is 0 Å².